The van der Waals surface area contributed by atoms with Gasteiger partial charge in [-0.25, -0.2) is 4.67 Å². The van der Waals surface area contributed by atoms with Gasteiger partial charge in [0.2, 0.25) is 0 Å². The first-order valence-corrected chi connectivity index (χ1v) is 6.07. The van der Waals surface area contributed by atoms with E-state index in [1.165, 1.54) is 0 Å². The van der Waals surface area contributed by atoms with Gasteiger partial charge < -0.3 is 4.52 Å². The van der Waals surface area contributed by atoms with Crippen LogP contribution in [0.5, 0.6) is 0 Å². The van der Waals surface area contributed by atoms with Gasteiger partial charge in [-0.05, 0) is 14.0 Å². The Kier molecular flexibility index (Phi) is 5.10. The fraction of sp³-hybridized carbons (Fsp3) is 0.714. The van der Waals surface area contributed by atoms with E-state index >= 15 is 0 Å². The van der Waals surface area contributed by atoms with Crippen molar-refractivity contribution in [3.8, 4) is 0 Å². The lowest BCUT2D eigenvalue weighted by molar-refractivity contribution is 0.296. The summed E-state index contributed by atoms with van der Waals surface area (Å²) in [6, 6.07) is 0. The second-order valence-corrected chi connectivity index (χ2v) is 5.64. The lowest BCUT2D eigenvalue weighted by Crippen LogP contribution is -2.17. The molecule has 1 atom stereocenters. The van der Waals surface area contributed by atoms with E-state index in [1.807, 2.05) is 0 Å². The Morgan fingerprint density at radius 2 is 2.25 bits per heavy atom. The minimum Gasteiger partial charge on any atom is -0.318 e. The van der Waals surface area contributed by atoms with Crippen LogP contribution in [0, 0.1) is 0 Å². The van der Waals surface area contributed by atoms with Crippen LogP contribution in [0.1, 0.15) is 6.92 Å². The zero-order valence-corrected chi connectivity index (χ0v) is 9.36. The van der Waals surface area contributed by atoms with Crippen molar-refractivity contribution < 1.29 is 9.09 Å². The molecule has 0 fully saturated rings. The van der Waals surface area contributed by atoms with Gasteiger partial charge in [-0.2, -0.15) is 0 Å². The summed E-state index contributed by atoms with van der Waals surface area (Å²) in [7, 11) is -0.951. The second kappa shape index (κ2) is 5.03. The van der Waals surface area contributed by atoms with Gasteiger partial charge in [0.25, 0.3) is 7.52 Å². The summed E-state index contributed by atoms with van der Waals surface area (Å²) >= 11 is 5.57. The highest BCUT2D eigenvalue weighted by Crippen LogP contribution is 2.45. The molecule has 0 amide bonds. The Balaban J connectivity index is 4.15. The number of halogens is 1. The van der Waals surface area contributed by atoms with Crippen LogP contribution in [0.15, 0.2) is 11.6 Å². The Labute approximate surface area is 78.8 Å². The predicted octanol–water partition coefficient (Wildman–Crippen LogP) is 2.53. The van der Waals surface area contributed by atoms with Crippen LogP contribution in [0.2, 0.25) is 0 Å². The normalized spacial score (nSPS) is 16.1. The summed E-state index contributed by atoms with van der Waals surface area (Å²) in [5, 5.41) is 0.458. The van der Waals surface area contributed by atoms with Gasteiger partial charge >= 0.3 is 0 Å². The van der Waals surface area contributed by atoms with E-state index < -0.39 is 7.52 Å². The average molecular weight is 212 g/mol. The highest BCUT2D eigenvalue weighted by molar-refractivity contribution is 7.55. The zero-order chi connectivity index (χ0) is 9.78. The Bertz CT molecular complexity index is 208. The van der Waals surface area contributed by atoms with Gasteiger partial charge in [-0.3, -0.25) is 4.57 Å². The molecule has 0 aliphatic heterocycles. The van der Waals surface area contributed by atoms with E-state index in [0.717, 1.165) is 0 Å². The van der Waals surface area contributed by atoms with Gasteiger partial charge in [-0.1, -0.05) is 18.2 Å². The summed E-state index contributed by atoms with van der Waals surface area (Å²) in [6.45, 7) is 7.71. The van der Waals surface area contributed by atoms with Crippen molar-refractivity contribution in [3.05, 3.63) is 11.6 Å². The first-order valence-electron chi connectivity index (χ1n) is 3.67. The zero-order valence-electron chi connectivity index (χ0n) is 7.71. The van der Waals surface area contributed by atoms with E-state index in [4.69, 9.17) is 16.1 Å². The molecule has 0 bridgehead atoms. The maximum absolute atomic E-state index is 11.7. The minimum absolute atomic E-state index is 0.384. The molecule has 3 nitrogen and oxygen atoms in total. The van der Waals surface area contributed by atoms with Crippen LogP contribution >= 0.6 is 19.1 Å². The fourth-order valence-corrected chi connectivity index (χ4v) is 2.08. The third-order valence-corrected chi connectivity index (χ3v) is 3.63. The number of rotatable bonds is 5. The number of nitrogens with zero attached hydrogens (tertiary/aromatic N) is 1. The highest BCUT2D eigenvalue weighted by Gasteiger charge is 2.21. The summed E-state index contributed by atoms with van der Waals surface area (Å²) in [5.41, 5.74) is 0. The van der Waals surface area contributed by atoms with Crippen LogP contribution in [0.3, 0.4) is 0 Å². The predicted molar refractivity (Wildman–Crippen MR) is 52.8 cm³/mol. The maximum Gasteiger partial charge on any atom is 0.269 e. The summed E-state index contributed by atoms with van der Waals surface area (Å²) in [5.74, 6) is 0. The molecule has 0 aliphatic carbocycles. The molecular formula is C7H15ClNO2P. The first-order chi connectivity index (χ1) is 5.40. The largest absolute Gasteiger partial charge is 0.318 e. The average Bonchev–Trinajstić information content (AvgIpc) is 1.85. The van der Waals surface area contributed by atoms with Gasteiger partial charge in [0.15, 0.2) is 0 Å². The minimum atomic E-state index is -2.65. The molecule has 0 spiro atoms. The van der Waals surface area contributed by atoms with Gasteiger partial charge in [0, 0.05) is 18.2 Å². The topological polar surface area (TPSA) is 29.5 Å². The molecule has 12 heavy (non-hydrogen) atoms. The van der Waals surface area contributed by atoms with Gasteiger partial charge in [0.05, 0.1) is 6.61 Å². The fourth-order valence-electron chi connectivity index (χ4n) is 0.715. The van der Waals surface area contributed by atoms with E-state index in [-0.39, 0.29) is 0 Å². The first kappa shape index (κ1) is 12.2. The molecule has 0 saturated carbocycles. The van der Waals surface area contributed by atoms with E-state index in [2.05, 4.69) is 6.58 Å². The third-order valence-electron chi connectivity index (χ3n) is 1.39. The molecular weight excluding hydrogens is 197 g/mol. The number of hydrogen-bond acceptors (Lipinski definition) is 2. The molecule has 0 heterocycles. The molecule has 0 N–H and O–H groups in total. The quantitative estimate of drug-likeness (QED) is 0.655. The lowest BCUT2D eigenvalue weighted by Gasteiger charge is -2.23. The smallest absolute Gasteiger partial charge is 0.269 e. The van der Waals surface area contributed by atoms with Crippen molar-refractivity contribution in [3.63, 3.8) is 0 Å². The molecule has 5 heteroatoms. The Hall–Kier alpha value is 0.180. The van der Waals surface area contributed by atoms with Gasteiger partial charge in [-0.15, -0.1) is 0 Å². The highest BCUT2D eigenvalue weighted by atomic mass is 35.5. The number of likely N-dealkylation sites (N-methyl/N-ethyl adjacent to an activating group) is 1. The number of hydrogen-bond donors (Lipinski definition) is 0. The molecule has 1 unspecified atom stereocenters. The lowest BCUT2D eigenvalue weighted by atomic mass is 10.6. The standard InChI is InChI=1S/C7H15ClNO2P/c1-5-11-12(4,10)9(3)6-7(2)8/h2,5-6H2,1,3-4H3. The van der Waals surface area contributed by atoms with Crippen LogP contribution in [0.25, 0.3) is 0 Å². The van der Waals surface area contributed by atoms with E-state index in [1.54, 1.807) is 25.3 Å². The Morgan fingerprint density at radius 3 is 2.58 bits per heavy atom. The molecule has 0 aliphatic rings. The van der Waals surface area contributed by atoms with Crippen LogP contribution in [0.4, 0.5) is 0 Å². The Morgan fingerprint density at radius 1 is 1.75 bits per heavy atom. The second-order valence-electron chi connectivity index (χ2n) is 2.55. The van der Waals surface area contributed by atoms with E-state index in [0.29, 0.717) is 18.2 Å². The van der Waals surface area contributed by atoms with Crippen LogP contribution < -0.4 is 0 Å². The van der Waals surface area contributed by atoms with Crippen LogP contribution in [-0.2, 0) is 9.09 Å². The summed E-state index contributed by atoms with van der Waals surface area (Å²) in [4.78, 5) is 0. The van der Waals surface area contributed by atoms with E-state index in [9.17, 15) is 4.57 Å². The summed E-state index contributed by atoms with van der Waals surface area (Å²) < 4.78 is 18.3. The van der Waals surface area contributed by atoms with Crippen molar-refractivity contribution >= 4 is 19.1 Å². The van der Waals surface area contributed by atoms with Gasteiger partial charge in [0.1, 0.15) is 0 Å². The molecule has 0 rings (SSSR count). The van der Waals surface area contributed by atoms with Crippen molar-refractivity contribution in [2.45, 2.75) is 6.92 Å². The molecule has 0 aromatic carbocycles. The maximum atomic E-state index is 11.7. The monoisotopic (exact) mass is 211 g/mol. The molecule has 0 aromatic heterocycles. The summed E-state index contributed by atoms with van der Waals surface area (Å²) in [6.07, 6.45) is 0. The van der Waals surface area contributed by atoms with Crippen molar-refractivity contribution in [1.82, 2.24) is 4.67 Å². The molecule has 72 valence electrons. The molecule has 0 aromatic rings. The SMILES string of the molecule is C=C(Cl)CN(C)P(C)(=O)OCC. The third kappa shape index (κ3) is 4.27. The molecule has 0 radical (unpaired) electrons. The van der Waals surface area contributed by atoms with Crippen molar-refractivity contribution in [2.24, 2.45) is 0 Å². The van der Waals surface area contributed by atoms with Crippen molar-refractivity contribution in [1.29, 1.82) is 0 Å². The molecule has 0 saturated heterocycles. The van der Waals surface area contributed by atoms with Crippen LogP contribution in [-0.4, -0.2) is 31.5 Å². The van der Waals surface area contributed by atoms with Crippen molar-refractivity contribution in [2.75, 3.05) is 26.9 Å².